The summed E-state index contributed by atoms with van der Waals surface area (Å²) in [6.07, 6.45) is 0.594. The molecule has 4 aromatic rings. The van der Waals surface area contributed by atoms with Crippen molar-refractivity contribution < 1.29 is 19.0 Å². The van der Waals surface area contributed by atoms with Crippen LogP contribution in [0, 0.1) is 4.77 Å². The van der Waals surface area contributed by atoms with Crippen LogP contribution in [-0.2, 0) is 17.8 Å². The minimum absolute atomic E-state index is 0.172. The Labute approximate surface area is 194 Å². The molecule has 2 heterocycles. The molecule has 2 aromatic carbocycles. The number of nitrogens with one attached hydrogen (secondary N) is 3. The Kier molecular flexibility index (Phi) is 6.36. The summed E-state index contributed by atoms with van der Waals surface area (Å²) in [6.45, 7) is 0.211. The van der Waals surface area contributed by atoms with Gasteiger partial charge in [-0.3, -0.25) is 14.2 Å². The second-order valence-electron chi connectivity index (χ2n) is 7.40. The highest BCUT2D eigenvalue weighted by Crippen LogP contribution is 2.28. The van der Waals surface area contributed by atoms with E-state index < -0.39 is 0 Å². The van der Waals surface area contributed by atoms with Crippen molar-refractivity contribution in [2.75, 3.05) is 27.9 Å². The Morgan fingerprint density at radius 1 is 1.00 bits per heavy atom. The zero-order valence-corrected chi connectivity index (χ0v) is 19.3. The third-order valence-corrected chi connectivity index (χ3v) is 5.75. The van der Waals surface area contributed by atoms with Crippen molar-refractivity contribution in [3.63, 3.8) is 0 Å². The fourth-order valence-electron chi connectivity index (χ4n) is 3.72. The van der Waals surface area contributed by atoms with E-state index in [0.29, 0.717) is 41.2 Å². The van der Waals surface area contributed by atoms with E-state index in [1.807, 2.05) is 30.3 Å². The number of hydrogen-bond donors (Lipinski definition) is 3. The van der Waals surface area contributed by atoms with Gasteiger partial charge in [0.15, 0.2) is 16.3 Å². The second kappa shape index (κ2) is 9.37. The second-order valence-corrected chi connectivity index (χ2v) is 7.78. The minimum atomic E-state index is -0.362. The van der Waals surface area contributed by atoms with E-state index in [4.69, 9.17) is 26.4 Å². The molecule has 0 aliphatic rings. The molecule has 0 bridgehead atoms. The first-order chi connectivity index (χ1) is 15.9. The topological polar surface area (TPSA) is 110 Å². The number of nitrogens with zero attached hydrogens (tertiary/aromatic N) is 1. The standard InChI is InChI=1S/C23H24N4O5S/c1-30-14-5-6-16-15(11-14)20-21(25-16)22(29)27(23(33)26-20)12-19(28)24-9-8-13-4-7-17(31-2)18(10-13)32-3/h4-7,10-11,25H,8-9,12H2,1-3H3,(H,24,28)(H,26,33). The summed E-state index contributed by atoms with van der Waals surface area (Å²) < 4.78 is 17.2. The summed E-state index contributed by atoms with van der Waals surface area (Å²) in [5.74, 6) is 1.63. The first-order valence-electron chi connectivity index (χ1n) is 10.2. The molecule has 0 saturated carbocycles. The maximum absolute atomic E-state index is 13.0. The molecule has 1 amide bonds. The largest absolute Gasteiger partial charge is 0.497 e. The maximum Gasteiger partial charge on any atom is 0.279 e. The van der Waals surface area contributed by atoms with E-state index in [1.165, 1.54) is 4.57 Å². The van der Waals surface area contributed by atoms with Crippen molar-refractivity contribution in [3.05, 3.63) is 57.1 Å². The van der Waals surface area contributed by atoms with Gasteiger partial charge in [-0.1, -0.05) is 6.07 Å². The zero-order chi connectivity index (χ0) is 23.5. The number of amides is 1. The van der Waals surface area contributed by atoms with E-state index in [0.717, 1.165) is 16.5 Å². The number of carbonyl (C=O) groups is 1. The van der Waals surface area contributed by atoms with E-state index in [2.05, 4.69) is 15.3 Å². The molecule has 9 nitrogen and oxygen atoms in total. The average Bonchev–Trinajstić information content (AvgIpc) is 3.19. The van der Waals surface area contributed by atoms with Gasteiger partial charge in [0.1, 0.15) is 17.8 Å². The monoisotopic (exact) mass is 468 g/mol. The summed E-state index contributed by atoms with van der Waals surface area (Å²) in [7, 11) is 4.73. The van der Waals surface area contributed by atoms with Crippen molar-refractivity contribution >= 4 is 40.1 Å². The summed E-state index contributed by atoms with van der Waals surface area (Å²) in [4.78, 5) is 31.7. The number of rotatable bonds is 8. The summed E-state index contributed by atoms with van der Waals surface area (Å²) >= 11 is 5.37. The van der Waals surface area contributed by atoms with Crippen LogP contribution in [0.1, 0.15) is 5.56 Å². The summed E-state index contributed by atoms with van der Waals surface area (Å²) in [5, 5.41) is 3.62. The van der Waals surface area contributed by atoms with Gasteiger partial charge < -0.3 is 29.5 Å². The number of carbonyl (C=O) groups excluding carboxylic acids is 1. The highest BCUT2D eigenvalue weighted by Gasteiger charge is 2.14. The molecule has 0 radical (unpaired) electrons. The number of aromatic nitrogens is 3. The van der Waals surface area contributed by atoms with Gasteiger partial charge in [-0.25, -0.2) is 0 Å². The van der Waals surface area contributed by atoms with Crippen LogP contribution >= 0.6 is 12.2 Å². The number of hydrogen-bond acceptors (Lipinski definition) is 6. The van der Waals surface area contributed by atoms with E-state index in [1.54, 1.807) is 27.4 Å². The Bertz CT molecular complexity index is 1450. The van der Waals surface area contributed by atoms with Gasteiger partial charge in [-0.15, -0.1) is 0 Å². The Hall–Kier alpha value is -3.79. The SMILES string of the molecule is COc1ccc2[nH]c3c(=O)n(CC(=O)NCCc4ccc(OC)c(OC)c4)c(=S)[nH]c3c2c1. The van der Waals surface area contributed by atoms with Gasteiger partial charge in [0.05, 0.1) is 26.8 Å². The molecule has 0 unspecified atom stereocenters. The maximum atomic E-state index is 13.0. The average molecular weight is 469 g/mol. The molecule has 0 aliphatic heterocycles. The van der Waals surface area contributed by atoms with Crippen molar-refractivity contribution in [3.8, 4) is 17.2 Å². The highest BCUT2D eigenvalue weighted by atomic mass is 32.1. The lowest BCUT2D eigenvalue weighted by Crippen LogP contribution is -2.34. The molecular weight excluding hydrogens is 444 g/mol. The number of benzene rings is 2. The molecule has 33 heavy (non-hydrogen) atoms. The first kappa shape index (κ1) is 22.4. The van der Waals surface area contributed by atoms with Crippen LogP contribution in [0.2, 0.25) is 0 Å². The number of H-pyrrole nitrogens is 2. The van der Waals surface area contributed by atoms with Crippen LogP contribution in [0.5, 0.6) is 17.2 Å². The van der Waals surface area contributed by atoms with Crippen molar-refractivity contribution in [1.82, 2.24) is 19.9 Å². The van der Waals surface area contributed by atoms with Gasteiger partial charge in [-0.2, -0.15) is 0 Å². The van der Waals surface area contributed by atoms with Crippen molar-refractivity contribution in [2.24, 2.45) is 0 Å². The van der Waals surface area contributed by atoms with Gasteiger partial charge >= 0.3 is 0 Å². The molecule has 10 heteroatoms. The molecular formula is C23H24N4O5S. The zero-order valence-electron chi connectivity index (χ0n) is 18.5. The number of fused-ring (bicyclic) bond motifs is 3. The van der Waals surface area contributed by atoms with Crippen molar-refractivity contribution in [2.45, 2.75) is 13.0 Å². The molecule has 0 atom stereocenters. The molecule has 3 N–H and O–H groups in total. The van der Waals surface area contributed by atoms with Crippen LogP contribution in [-0.4, -0.2) is 48.3 Å². The van der Waals surface area contributed by atoms with Crippen LogP contribution < -0.4 is 25.1 Å². The third kappa shape index (κ3) is 4.42. The fourth-order valence-corrected chi connectivity index (χ4v) is 3.96. The quantitative estimate of drug-likeness (QED) is 0.343. The molecule has 0 spiro atoms. The molecule has 0 fully saturated rings. The van der Waals surface area contributed by atoms with Gasteiger partial charge in [0.25, 0.3) is 5.56 Å². The van der Waals surface area contributed by atoms with Crippen molar-refractivity contribution in [1.29, 1.82) is 0 Å². The minimum Gasteiger partial charge on any atom is -0.497 e. The lowest BCUT2D eigenvalue weighted by atomic mass is 10.1. The molecule has 2 aromatic heterocycles. The first-order valence-corrected chi connectivity index (χ1v) is 10.7. The Morgan fingerprint density at radius 2 is 1.79 bits per heavy atom. The van der Waals surface area contributed by atoms with E-state index >= 15 is 0 Å². The summed E-state index contributed by atoms with van der Waals surface area (Å²) in [5.41, 5.74) is 2.33. The predicted molar refractivity (Wildman–Crippen MR) is 128 cm³/mol. The predicted octanol–water partition coefficient (Wildman–Crippen LogP) is 2.93. The Morgan fingerprint density at radius 3 is 2.52 bits per heavy atom. The van der Waals surface area contributed by atoms with E-state index in [-0.39, 0.29) is 22.8 Å². The smallest absolute Gasteiger partial charge is 0.279 e. The number of methoxy groups -OCH3 is 3. The van der Waals surface area contributed by atoms with Crippen LogP contribution in [0.4, 0.5) is 0 Å². The lowest BCUT2D eigenvalue weighted by Gasteiger charge is -2.11. The van der Waals surface area contributed by atoms with Gasteiger partial charge in [-0.05, 0) is 54.5 Å². The normalized spacial score (nSPS) is 11.0. The van der Waals surface area contributed by atoms with Crippen LogP contribution in [0.15, 0.2) is 41.2 Å². The highest BCUT2D eigenvalue weighted by molar-refractivity contribution is 7.71. The fraction of sp³-hybridized carbons (Fsp3) is 0.261. The van der Waals surface area contributed by atoms with Gasteiger partial charge in [0, 0.05) is 17.4 Å². The number of aromatic amines is 2. The van der Waals surface area contributed by atoms with E-state index in [9.17, 15) is 9.59 Å². The molecule has 0 saturated heterocycles. The molecule has 0 aliphatic carbocycles. The molecule has 172 valence electrons. The Balaban J connectivity index is 1.49. The summed E-state index contributed by atoms with van der Waals surface area (Å²) in [6, 6.07) is 11.0. The van der Waals surface area contributed by atoms with Crippen LogP contribution in [0.25, 0.3) is 21.9 Å². The van der Waals surface area contributed by atoms with Gasteiger partial charge in [0.2, 0.25) is 5.91 Å². The van der Waals surface area contributed by atoms with Crippen LogP contribution in [0.3, 0.4) is 0 Å². The lowest BCUT2D eigenvalue weighted by molar-refractivity contribution is -0.121. The number of ether oxygens (including phenoxy) is 3. The molecule has 4 rings (SSSR count). The third-order valence-electron chi connectivity index (χ3n) is 5.43.